The first-order valence-corrected chi connectivity index (χ1v) is 5.97. The number of carbonyl (C=O) groups excluding carboxylic acids is 1. The molecule has 2 rings (SSSR count). The van der Waals surface area contributed by atoms with Gasteiger partial charge in [-0.25, -0.2) is 0 Å². The topological polar surface area (TPSA) is 72.4 Å². The van der Waals surface area contributed by atoms with Crippen molar-refractivity contribution in [2.24, 2.45) is 23.3 Å². The largest absolute Gasteiger partial charge is 0.338 e. The molecule has 1 saturated heterocycles. The molecule has 86 valence electrons. The normalized spacial score (nSPS) is 31.7. The van der Waals surface area contributed by atoms with Crippen molar-refractivity contribution >= 4 is 5.91 Å². The number of piperidine rings is 1. The summed E-state index contributed by atoms with van der Waals surface area (Å²) in [6.45, 7) is 1.73. The van der Waals surface area contributed by atoms with Crippen LogP contribution in [0.5, 0.6) is 0 Å². The zero-order valence-corrected chi connectivity index (χ0v) is 9.19. The van der Waals surface area contributed by atoms with E-state index in [0.717, 1.165) is 13.0 Å². The van der Waals surface area contributed by atoms with Crippen LogP contribution in [0.1, 0.15) is 25.7 Å². The number of rotatable bonds is 3. The Bertz CT molecular complexity index is 240. The maximum absolute atomic E-state index is 11.7. The highest BCUT2D eigenvalue weighted by Gasteiger charge is 2.42. The van der Waals surface area contributed by atoms with Crippen LogP contribution in [-0.2, 0) is 4.79 Å². The summed E-state index contributed by atoms with van der Waals surface area (Å²) >= 11 is 0. The van der Waals surface area contributed by atoms with Crippen molar-refractivity contribution in [3.63, 3.8) is 0 Å². The number of amides is 1. The van der Waals surface area contributed by atoms with Gasteiger partial charge in [-0.05, 0) is 44.1 Å². The van der Waals surface area contributed by atoms with Crippen LogP contribution >= 0.6 is 0 Å². The van der Waals surface area contributed by atoms with Crippen molar-refractivity contribution in [1.82, 2.24) is 4.90 Å². The highest BCUT2D eigenvalue weighted by atomic mass is 16.2. The van der Waals surface area contributed by atoms with Gasteiger partial charge in [0.15, 0.2) is 0 Å². The molecule has 0 radical (unpaired) electrons. The standard InChI is InChI=1S/C11H21N3O/c12-6-9-2-1-5-14(10(15)7-13)11(9)8-3-4-8/h8-9,11H,1-7,12-13H2/t9-,11-/m1/s1. The second-order valence-electron chi connectivity index (χ2n) is 4.76. The predicted octanol–water partition coefficient (Wildman–Crippen LogP) is -0.0790. The van der Waals surface area contributed by atoms with Crippen molar-refractivity contribution in [2.75, 3.05) is 19.6 Å². The van der Waals surface area contributed by atoms with Gasteiger partial charge in [-0.3, -0.25) is 4.79 Å². The molecular weight excluding hydrogens is 190 g/mol. The summed E-state index contributed by atoms with van der Waals surface area (Å²) in [5.74, 6) is 1.31. The average Bonchev–Trinajstić information content (AvgIpc) is 3.10. The molecule has 1 amide bonds. The Balaban J connectivity index is 2.09. The third-order valence-corrected chi connectivity index (χ3v) is 3.72. The first kappa shape index (κ1) is 10.9. The van der Waals surface area contributed by atoms with Gasteiger partial charge in [0.25, 0.3) is 0 Å². The zero-order valence-electron chi connectivity index (χ0n) is 9.19. The third-order valence-electron chi connectivity index (χ3n) is 3.72. The average molecular weight is 211 g/mol. The molecule has 2 atom stereocenters. The van der Waals surface area contributed by atoms with E-state index in [4.69, 9.17) is 11.5 Å². The van der Waals surface area contributed by atoms with Crippen LogP contribution in [-0.4, -0.2) is 36.5 Å². The molecule has 0 unspecified atom stereocenters. The van der Waals surface area contributed by atoms with Gasteiger partial charge in [0, 0.05) is 12.6 Å². The van der Waals surface area contributed by atoms with Crippen molar-refractivity contribution in [3.8, 4) is 0 Å². The van der Waals surface area contributed by atoms with Gasteiger partial charge < -0.3 is 16.4 Å². The molecule has 4 heteroatoms. The van der Waals surface area contributed by atoms with E-state index in [1.807, 2.05) is 4.90 Å². The number of nitrogens with zero attached hydrogens (tertiary/aromatic N) is 1. The molecule has 1 heterocycles. The van der Waals surface area contributed by atoms with Crippen molar-refractivity contribution in [3.05, 3.63) is 0 Å². The maximum atomic E-state index is 11.7. The van der Waals surface area contributed by atoms with Crippen LogP contribution < -0.4 is 11.5 Å². The molecule has 1 aliphatic carbocycles. The van der Waals surface area contributed by atoms with Crippen LogP contribution in [0.2, 0.25) is 0 Å². The lowest BCUT2D eigenvalue weighted by atomic mass is 9.86. The maximum Gasteiger partial charge on any atom is 0.236 e. The molecule has 0 bridgehead atoms. The van der Waals surface area contributed by atoms with Crippen molar-refractivity contribution in [1.29, 1.82) is 0 Å². The number of likely N-dealkylation sites (tertiary alicyclic amines) is 1. The van der Waals surface area contributed by atoms with Gasteiger partial charge in [0.05, 0.1) is 6.54 Å². The number of carbonyl (C=O) groups is 1. The summed E-state index contributed by atoms with van der Waals surface area (Å²) in [4.78, 5) is 13.7. The first-order valence-electron chi connectivity index (χ1n) is 5.97. The van der Waals surface area contributed by atoms with E-state index in [-0.39, 0.29) is 12.5 Å². The van der Waals surface area contributed by atoms with Gasteiger partial charge in [-0.15, -0.1) is 0 Å². The lowest BCUT2D eigenvalue weighted by molar-refractivity contribution is -0.135. The molecular formula is C11H21N3O. The lowest BCUT2D eigenvalue weighted by Gasteiger charge is -2.41. The minimum Gasteiger partial charge on any atom is -0.338 e. The first-order chi connectivity index (χ1) is 7.27. The van der Waals surface area contributed by atoms with E-state index in [2.05, 4.69) is 0 Å². The highest BCUT2D eigenvalue weighted by Crippen LogP contribution is 2.41. The zero-order chi connectivity index (χ0) is 10.8. The fourth-order valence-electron chi connectivity index (χ4n) is 2.84. The molecule has 15 heavy (non-hydrogen) atoms. The molecule has 0 aromatic rings. The lowest BCUT2D eigenvalue weighted by Crippen LogP contribution is -2.53. The summed E-state index contributed by atoms with van der Waals surface area (Å²) in [5.41, 5.74) is 11.2. The van der Waals surface area contributed by atoms with Crippen LogP contribution in [0, 0.1) is 11.8 Å². The molecule has 4 nitrogen and oxygen atoms in total. The molecule has 0 aromatic heterocycles. The second kappa shape index (κ2) is 4.49. The molecule has 4 N–H and O–H groups in total. The third kappa shape index (κ3) is 2.16. The molecule has 2 aliphatic rings. The molecule has 0 aromatic carbocycles. The van der Waals surface area contributed by atoms with Crippen LogP contribution in [0.15, 0.2) is 0 Å². The number of nitrogens with two attached hydrogens (primary N) is 2. The minimum absolute atomic E-state index is 0.102. The van der Waals surface area contributed by atoms with Gasteiger partial charge >= 0.3 is 0 Å². The summed E-state index contributed by atoms with van der Waals surface area (Å²) in [5, 5.41) is 0. The Kier molecular flexibility index (Phi) is 3.26. The minimum atomic E-state index is 0.102. The fourth-order valence-corrected chi connectivity index (χ4v) is 2.84. The highest BCUT2D eigenvalue weighted by molar-refractivity contribution is 5.78. The Labute approximate surface area is 91.0 Å². The van der Waals surface area contributed by atoms with Crippen LogP contribution in [0.3, 0.4) is 0 Å². The Morgan fingerprint density at radius 3 is 2.53 bits per heavy atom. The van der Waals surface area contributed by atoms with Crippen molar-refractivity contribution < 1.29 is 4.79 Å². The SMILES string of the molecule is NCC(=O)N1CCC[C@H](CN)[C@H]1C1CC1. The second-order valence-corrected chi connectivity index (χ2v) is 4.76. The smallest absolute Gasteiger partial charge is 0.236 e. The summed E-state index contributed by atoms with van der Waals surface area (Å²) in [7, 11) is 0. The van der Waals surface area contributed by atoms with E-state index >= 15 is 0 Å². The van der Waals surface area contributed by atoms with Crippen molar-refractivity contribution in [2.45, 2.75) is 31.7 Å². The molecule has 0 spiro atoms. The number of hydrogen-bond acceptors (Lipinski definition) is 3. The Hall–Kier alpha value is -0.610. The summed E-state index contributed by atoms with van der Waals surface area (Å²) in [6.07, 6.45) is 4.77. The van der Waals surface area contributed by atoms with Crippen LogP contribution in [0.4, 0.5) is 0 Å². The summed E-state index contributed by atoms with van der Waals surface area (Å²) in [6, 6.07) is 0.389. The van der Waals surface area contributed by atoms with Gasteiger partial charge in [-0.2, -0.15) is 0 Å². The van der Waals surface area contributed by atoms with E-state index in [0.29, 0.717) is 24.4 Å². The molecule has 2 fully saturated rings. The van der Waals surface area contributed by atoms with E-state index in [1.54, 1.807) is 0 Å². The van der Waals surface area contributed by atoms with E-state index in [9.17, 15) is 4.79 Å². The fraction of sp³-hybridized carbons (Fsp3) is 0.909. The quantitative estimate of drug-likeness (QED) is 0.686. The van der Waals surface area contributed by atoms with Crippen LogP contribution in [0.25, 0.3) is 0 Å². The molecule has 1 aliphatic heterocycles. The molecule has 1 saturated carbocycles. The van der Waals surface area contributed by atoms with Gasteiger partial charge in [-0.1, -0.05) is 0 Å². The van der Waals surface area contributed by atoms with E-state index < -0.39 is 0 Å². The van der Waals surface area contributed by atoms with Gasteiger partial charge in [0.1, 0.15) is 0 Å². The Morgan fingerprint density at radius 2 is 2.00 bits per heavy atom. The summed E-state index contributed by atoms with van der Waals surface area (Å²) < 4.78 is 0. The Morgan fingerprint density at radius 1 is 1.27 bits per heavy atom. The van der Waals surface area contributed by atoms with E-state index in [1.165, 1.54) is 19.3 Å². The predicted molar refractivity (Wildman–Crippen MR) is 59.1 cm³/mol. The van der Waals surface area contributed by atoms with Gasteiger partial charge in [0.2, 0.25) is 5.91 Å². The monoisotopic (exact) mass is 211 g/mol. The number of hydrogen-bond donors (Lipinski definition) is 2.